The molecule has 4 rings (SSSR count). The second kappa shape index (κ2) is 8.96. The highest BCUT2D eigenvalue weighted by molar-refractivity contribution is 6.32. The van der Waals surface area contributed by atoms with Gasteiger partial charge in [-0.1, -0.05) is 23.7 Å². The van der Waals surface area contributed by atoms with Gasteiger partial charge in [0.15, 0.2) is 0 Å². The number of hydrogen-bond acceptors (Lipinski definition) is 4. The average Bonchev–Trinajstić information content (AvgIpc) is 3.11. The number of nitrogens with zero attached hydrogens (tertiary/aromatic N) is 2. The van der Waals surface area contributed by atoms with Crippen molar-refractivity contribution in [2.24, 2.45) is 0 Å². The molecule has 0 spiro atoms. The summed E-state index contributed by atoms with van der Waals surface area (Å²) >= 11 is 6.02. The summed E-state index contributed by atoms with van der Waals surface area (Å²) in [6.07, 6.45) is -0.0100. The number of rotatable bonds is 5. The molecular weight excluding hydrogens is 433 g/mol. The monoisotopic (exact) mass is 454 g/mol. The van der Waals surface area contributed by atoms with Crippen molar-refractivity contribution in [3.63, 3.8) is 0 Å². The Labute approximate surface area is 183 Å². The summed E-state index contributed by atoms with van der Waals surface area (Å²) in [5.74, 6) is -0.443. The Balaban J connectivity index is 1.41. The maximum absolute atomic E-state index is 15.0. The topological polar surface area (TPSA) is 53.0 Å². The van der Waals surface area contributed by atoms with Gasteiger partial charge in [-0.15, -0.1) is 0 Å². The van der Waals surface area contributed by atoms with Gasteiger partial charge in [0.25, 0.3) is 0 Å². The molecule has 0 saturated carbocycles. The van der Waals surface area contributed by atoms with Crippen molar-refractivity contribution in [2.45, 2.75) is 37.6 Å². The quantitative estimate of drug-likeness (QED) is 0.718. The van der Waals surface area contributed by atoms with Crippen molar-refractivity contribution < 1.29 is 27.8 Å². The van der Waals surface area contributed by atoms with Crippen molar-refractivity contribution >= 4 is 23.2 Å². The lowest BCUT2D eigenvalue weighted by atomic mass is 9.87. The number of phenolic OH excluding ortho intramolecular Hbond substituents is 1. The standard InChI is InChI=1S/C22H22ClF3N2O3/c23-17-11-14(3-6-20(17)31-22(25)26)28-10-8-19(21(28)30)27-9-7-16(18(24)12-27)13-1-4-15(29)5-2-13/h1-6,11,16,18-19,22,29H,7-10,12H2/t16-,18+,19-/m0/s1. The van der Waals surface area contributed by atoms with E-state index in [1.165, 1.54) is 18.2 Å². The zero-order chi connectivity index (χ0) is 22.1. The lowest BCUT2D eigenvalue weighted by molar-refractivity contribution is -0.122. The number of piperidine rings is 1. The van der Waals surface area contributed by atoms with Crippen LogP contribution in [0.2, 0.25) is 5.02 Å². The van der Waals surface area contributed by atoms with Crippen LogP contribution in [0.3, 0.4) is 0 Å². The maximum atomic E-state index is 15.0. The zero-order valence-electron chi connectivity index (χ0n) is 16.6. The lowest BCUT2D eigenvalue weighted by Crippen LogP contribution is -2.49. The van der Waals surface area contributed by atoms with Crippen LogP contribution >= 0.6 is 11.6 Å². The Bertz CT molecular complexity index is 944. The van der Waals surface area contributed by atoms with Crippen LogP contribution in [-0.4, -0.2) is 54.4 Å². The first-order valence-corrected chi connectivity index (χ1v) is 10.4. The molecular formula is C22H22ClF3N2O3. The summed E-state index contributed by atoms with van der Waals surface area (Å²) in [5.41, 5.74) is 1.33. The van der Waals surface area contributed by atoms with Gasteiger partial charge < -0.3 is 14.7 Å². The number of aromatic hydroxyl groups is 1. The van der Waals surface area contributed by atoms with Gasteiger partial charge in [0.05, 0.1) is 11.1 Å². The van der Waals surface area contributed by atoms with Crippen LogP contribution < -0.4 is 9.64 Å². The molecule has 3 atom stereocenters. The van der Waals surface area contributed by atoms with Gasteiger partial charge in [0.1, 0.15) is 17.7 Å². The molecule has 2 saturated heterocycles. The summed E-state index contributed by atoms with van der Waals surface area (Å²) in [4.78, 5) is 16.4. The van der Waals surface area contributed by atoms with Crippen LogP contribution in [0.25, 0.3) is 0 Å². The van der Waals surface area contributed by atoms with E-state index in [1.807, 2.05) is 4.90 Å². The number of alkyl halides is 3. The van der Waals surface area contributed by atoms with Gasteiger partial charge in [0, 0.05) is 24.7 Å². The highest BCUT2D eigenvalue weighted by atomic mass is 35.5. The number of likely N-dealkylation sites (tertiary alicyclic amines) is 1. The van der Waals surface area contributed by atoms with Crippen LogP contribution in [0, 0.1) is 0 Å². The second-order valence-corrected chi connectivity index (χ2v) is 8.19. The first-order valence-electron chi connectivity index (χ1n) is 10.1. The summed E-state index contributed by atoms with van der Waals surface area (Å²) < 4.78 is 44.1. The fraction of sp³-hybridized carbons (Fsp3) is 0.409. The van der Waals surface area contributed by atoms with Crippen LogP contribution in [0.15, 0.2) is 42.5 Å². The Hall–Kier alpha value is -2.45. The summed E-state index contributed by atoms with van der Waals surface area (Å²) in [6, 6.07) is 10.4. The third kappa shape index (κ3) is 4.60. The van der Waals surface area contributed by atoms with Crippen molar-refractivity contribution in [1.82, 2.24) is 4.90 Å². The SMILES string of the molecule is O=C1[C@@H](N2CC[C@@H](c3ccc(O)cc3)[C@H](F)C2)CCN1c1ccc(OC(F)F)c(Cl)c1. The lowest BCUT2D eigenvalue weighted by Gasteiger charge is -2.37. The highest BCUT2D eigenvalue weighted by Crippen LogP contribution is 2.36. The van der Waals surface area contributed by atoms with Crippen LogP contribution in [0.4, 0.5) is 18.9 Å². The molecule has 2 fully saturated rings. The molecule has 0 aliphatic carbocycles. The number of carbonyl (C=O) groups is 1. The Kier molecular flexibility index (Phi) is 6.29. The smallest absolute Gasteiger partial charge is 0.387 e. The molecule has 5 nitrogen and oxygen atoms in total. The molecule has 2 aliphatic heterocycles. The average molecular weight is 455 g/mol. The van der Waals surface area contributed by atoms with Gasteiger partial charge in [-0.05, 0) is 55.3 Å². The fourth-order valence-corrected chi connectivity index (χ4v) is 4.64. The number of carbonyl (C=O) groups excluding carboxylic acids is 1. The predicted molar refractivity (Wildman–Crippen MR) is 111 cm³/mol. The van der Waals surface area contributed by atoms with Crippen molar-refractivity contribution in [2.75, 3.05) is 24.5 Å². The minimum Gasteiger partial charge on any atom is -0.508 e. The van der Waals surface area contributed by atoms with E-state index in [1.54, 1.807) is 29.2 Å². The molecule has 1 amide bonds. The van der Waals surface area contributed by atoms with E-state index in [2.05, 4.69) is 4.74 Å². The molecule has 0 aromatic heterocycles. The molecule has 1 N–H and O–H groups in total. The van der Waals surface area contributed by atoms with Crippen LogP contribution in [0.5, 0.6) is 11.5 Å². The summed E-state index contributed by atoms with van der Waals surface area (Å²) in [6.45, 7) is -1.82. The molecule has 2 aromatic carbocycles. The van der Waals surface area contributed by atoms with E-state index in [4.69, 9.17) is 11.6 Å². The number of ether oxygens (including phenoxy) is 1. The highest BCUT2D eigenvalue weighted by Gasteiger charge is 2.41. The fourth-order valence-electron chi connectivity index (χ4n) is 4.42. The van der Waals surface area contributed by atoms with Crippen molar-refractivity contribution in [1.29, 1.82) is 0 Å². The van der Waals surface area contributed by atoms with Crippen molar-refractivity contribution in [3.8, 4) is 11.5 Å². The third-order valence-corrected chi connectivity index (χ3v) is 6.25. The molecule has 0 radical (unpaired) electrons. The van der Waals surface area contributed by atoms with Crippen LogP contribution in [-0.2, 0) is 4.79 Å². The predicted octanol–water partition coefficient (Wildman–Crippen LogP) is 4.58. The molecule has 166 valence electrons. The number of benzene rings is 2. The van der Waals surface area contributed by atoms with Gasteiger partial charge in [-0.3, -0.25) is 9.69 Å². The molecule has 2 aliphatic rings. The van der Waals surface area contributed by atoms with Gasteiger partial charge in [-0.25, -0.2) is 4.39 Å². The van der Waals surface area contributed by atoms with E-state index in [0.717, 1.165) is 5.56 Å². The Morgan fingerprint density at radius 2 is 1.84 bits per heavy atom. The third-order valence-electron chi connectivity index (χ3n) is 5.96. The van der Waals surface area contributed by atoms with Crippen molar-refractivity contribution in [3.05, 3.63) is 53.1 Å². The number of hydrogen-bond donors (Lipinski definition) is 1. The van der Waals surface area contributed by atoms with Crippen LogP contribution in [0.1, 0.15) is 24.3 Å². The molecule has 0 bridgehead atoms. The number of phenols is 1. The second-order valence-electron chi connectivity index (χ2n) is 7.79. The zero-order valence-corrected chi connectivity index (χ0v) is 17.3. The molecule has 2 aromatic rings. The minimum absolute atomic E-state index is 0.00687. The first-order chi connectivity index (χ1) is 14.8. The Morgan fingerprint density at radius 3 is 2.48 bits per heavy atom. The van der Waals surface area contributed by atoms with Gasteiger partial charge >= 0.3 is 6.61 Å². The minimum atomic E-state index is -2.99. The molecule has 0 unspecified atom stereocenters. The number of halogens is 4. The van der Waals surface area contributed by atoms with E-state index in [0.29, 0.717) is 31.6 Å². The number of anilines is 1. The van der Waals surface area contributed by atoms with E-state index in [9.17, 15) is 23.1 Å². The summed E-state index contributed by atoms with van der Waals surface area (Å²) in [7, 11) is 0. The van der Waals surface area contributed by atoms with Gasteiger partial charge in [-0.2, -0.15) is 8.78 Å². The normalized spacial score (nSPS) is 24.7. The van der Waals surface area contributed by atoms with E-state index >= 15 is 0 Å². The Morgan fingerprint density at radius 1 is 1.10 bits per heavy atom. The first kappa shape index (κ1) is 21.8. The summed E-state index contributed by atoms with van der Waals surface area (Å²) in [5, 5.41) is 9.43. The molecule has 31 heavy (non-hydrogen) atoms. The molecule has 2 heterocycles. The van der Waals surface area contributed by atoms with Gasteiger partial charge in [0.2, 0.25) is 5.91 Å². The molecule has 9 heteroatoms. The largest absolute Gasteiger partial charge is 0.508 e. The maximum Gasteiger partial charge on any atom is 0.387 e. The van der Waals surface area contributed by atoms with E-state index < -0.39 is 18.8 Å². The number of amides is 1. The van der Waals surface area contributed by atoms with E-state index in [-0.39, 0.29) is 34.9 Å².